The van der Waals surface area contributed by atoms with Crippen molar-refractivity contribution >= 4 is 112 Å². The summed E-state index contributed by atoms with van der Waals surface area (Å²) >= 11 is 4.93. The van der Waals surface area contributed by atoms with Gasteiger partial charge in [-0.2, -0.15) is 0 Å². The number of halogens is 2. The second-order valence-corrected chi connectivity index (χ2v) is 13.6. The van der Waals surface area contributed by atoms with E-state index in [1.54, 1.807) is 5.38 Å². The number of nitrogens with zero attached hydrogens (tertiary/aromatic N) is 2. The third-order valence-electron chi connectivity index (χ3n) is 3.11. The molecule has 28 heavy (non-hydrogen) atoms. The summed E-state index contributed by atoms with van der Waals surface area (Å²) in [6.07, 6.45) is 0.755. The van der Waals surface area contributed by atoms with E-state index < -0.39 is 55.7 Å². The number of rotatable bonds is 8. The van der Waals surface area contributed by atoms with Crippen molar-refractivity contribution in [2.75, 3.05) is 7.57 Å². The summed E-state index contributed by atoms with van der Waals surface area (Å²) in [4.78, 5) is 27.2. The molecule has 1 heterocycles. The van der Waals surface area contributed by atoms with Gasteiger partial charge in [-0.05, 0) is 0 Å². The van der Waals surface area contributed by atoms with Crippen molar-refractivity contribution in [1.29, 1.82) is 0 Å². The van der Waals surface area contributed by atoms with Crippen molar-refractivity contribution in [2.45, 2.75) is 16.4 Å². The minimum atomic E-state index is -3.87. The van der Waals surface area contributed by atoms with Gasteiger partial charge in [0, 0.05) is 0 Å². The van der Waals surface area contributed by atoms with Crippen LogP contribution in [0.25, 0.3) is 0 Å². The van der Waals surface area contributed by atoms with Crippen molar-refractivity contribution in [1.82, 2.24) is 4.98 Å². The molecule has 0 bridgehead atoms. The summed E-state index contributed by atoms with van der Waals surface area (Å²) in [5, 5.41) is 11.6. The first kappa shape index (κ1) is 24.1. The van der Waals surface area contributed by atoms with Crippen LogP contribution in [-0.2, 0) is 22.4 Å². The van der Waals surface area contributed by atoms with Gasteiger partial charge < -0.3 is 0 Å². The second kappa shape index (κ2) is 10.2. The predicted octanol–water partition coefficient (Wildman–Crippen LogP) is 0.994. The molecule has 15 heteroatoms. The number of aromatic nitrogens is 1. The van der Waals surface area contributed by atoms with Gasteiger partial charge in [0.25, 0.3) is 0 Å². The first-order valence-electron chi connectivity index (χ1n) is 7.05. The number of thiazole rings is 1. The van der Waals surface area contributed by atoms with Crippen LogP contribution in [0.4, 0.5) is 10.8 Å². The Bertz CT molecular complexity index is 942. The molecule has 2 N–H and O–H groups in total. The number of sulfonamides is 1. The summed E-state index contributed by atoms with van der Waals surface area (Å²) in [5.41, 5.74) is 0.251. The minimum absolute atomic E-state index is 0.0162. The fourth-order valence-electron chi connectivity index (χ4n) is 1.86. The maximum atomic E-state index is 12.8. The Balaban J connectivity index is 2.13. The first-order valence-corrected chi connectivity index (χ1v) is 17.0. The van der Waals surface area contributed by atoms with E-state index in [1.807, 2.05) is 0 Å². The SMILES string of the molecule is O=C(CC(O)(Cl)C(=O)[O][Bi])Nc1ccc(S(=O)(=O)[N]([Bi][Cl])c2nccs2)cc1. The van der Waals surface area contributed by atoms with Crippen molar-refractivity contribution in [2.24, 2.45) is 0 Å². The predicted molar refractivity (Wildman–Crippen MR) is 106 cm³/mol. The summed E-state index contributed by atoms with van der Waals surface area (Å²) in [7, 11) is 2.09. The molecule has 3 radical (unpaired) electrons. The summed E-state index contributed by atoms with van der Waals surface area (Å²) in [6, 6.07) is 5.33. The molecular formula is C13H10Bi2Cl2N3O6S2. The van der Waals surface area contributed by atoms with E-state index in [-0.39, 0.29) is 35.7 Å². The number of carbonyl (C=O) groups excluding carboxylic acids is 2. The number of carbonyl (C=O) groups is 2. The van der Waals surface area contributed by atoms with Gasteiger partial charge in [-0.1, -0.05) is 0 Å². The summed E-state index contributed by atoms with van der Waals surface area (Å²) in [6.45, 7) is 0. The Hall–Kier alpha value is -0.154. The number of hydrogen-bond acceptors (Lipinski definition) is 8. The van der Waals surface area contributed by atoms with Gasteiger partial charge in [0.1, 0.15) is 0 Å². The van der Waals surface area contributed by atoms with Gasteiger partial charge in [-0.3, -0.25) is 0 Å². The monoisotopic (exact) mass is 856 g/mol. The van der Waals surface area contributed by atoms with Gasteiger partial charge in [-0.15, -0.1) is 0 Å². The molecule has 1 aromatic heterocycles. The normalized spacial score (nSPS) is 13.4. The Morgan fingerprint density at radius 3 is 2.54 bits per heavy atom. The number of nitrogens with one attached hydrogen (secondary N) is 1. The Kier molecular flexibility index (Phi) is 8.82. The zero-order valence-electron chi connectivity index (χ0n) is 13.5. The van der Waals surface area contributed by atoms with Crippen LogP contribution in [0.15, 0.2) is 40.7 Å². The third-order valence-corrected chi connectivity index (χ3v) is 13.6. The first-order chi connectivity index (χ1) is 13.1. The summed E-state index contributed by atoms with van der Waals surface area (Å²) in [5.74, 6) is -1.87. The van der Waals surface area contributed by atoms with Gasteiger partial charge in [0.15, 0.2) is 0 Å². The molecule has 9 nitrogen and oxygen atoms in total. The fraction of sp³-hybridized carbons (Fsp3) is 0.154. The molecule has 1 aromatic carbocycles. The van der Waals surface area contributed by atoms with Crippen LogP contribution in [0.1, 0.15) is 6.42 Å². The van der Waals surface area contributed by atoms with Gasteiger partial charge >= 0.3 is 202 Å². The standard InChI is InChI=1S/C13H12ClN3O6S2.2Bi.ClH/c14-13(21,11(19)20)7-10(18)16-8-1-3-9(4-2-8)25(22,23)17-12-15-5-6-24-12;;;/h1-6,21H,7H2,(H3,15,16,17,18,19,20);;;1H/q;+1;+2;/p-3. The number of aliphatic hydroxyl groups is 1. The molecule has 0 saturated heterocycles. The maximum absolute atomic E-state index is 12.8. The topological polar surface area (TPSA) is 126 Å². The van der Waals surface area contributed by atoms with E-state index >= 15 is 0 Å². The number of alkyl halides is 1. The molecule has 0 aliphatic heterocycles. The Morgan fingerprint density at radius 2 is 2.04 bits per heavy atom. The summed E-state index contributed by atoms with van der Waals surface area (Å²) < 4.78 is 31.1. The van der Waals surface area contributed by atoms with Crippen LogP contribution in [0.5, 0.6) is 0 Å². The molecule has 2 rings (SSSR count). The van der Waals surface area contributed by atoms with Crippen LogP contribution in [0, 0.1) is 0 Å². The molecule has 1 atom stereocenters. The van der Waals surface area contributed by atoms with E-state index in [9.17, 15) is 23.1 Å². The van der Waals surface area contributed by atoms with Crippen LogP contribution in [0.3, 0.4) is 0 Å². The molecule has 0 fully saturated rings. The Labute approximate surface area is 200 Å². The van der Waals surface area contributed by atoms with Crippen LogP contribution in [-0.4, -0.2) is 82.9 Å². The van der Waals surface area contributed by atoms with Crippen LogP contribution in [0.2, 0.25) is 0 Å². The van der Waals surface area contributed by atoms with Crippen molar-refractivity contribution in [3.05, 3.63) is 35.8 Å². The quantitative estimate of drug-likeness (QED) is 0.300. The zero-order chi connectivity index (χ0) is 20.9. The van der Waals surface area contributed by atoms with Crippen molar-refractivity contribution < 1.29 is 25.9 Å². The fourth-order valence-corrected chi connectivity index (χ4v) is 11.3. The van der Waals surface area contributed by atoms with Gasteiger partial charge in [-0.25, -0.2) is 0 Å². The molecule has 149 valence electrons. The number of benzene rings is 1. The average Bonchev–Trinajstić information content (AvgIpc) is 3.15. The van der Waals surface area contributed by atoms with Gasteiger partial charge in [0.05, 0.1) is 0 Å². The molecule has 0 aliphatic carbocycles. The molecular weight excluding hydrogens is 847 g/mol. The van der Waals surface area contributed by atoms with Crippen molar-refractivity contribution in [3.63, 3.8) is 0 Å². The number of anilines is 2. The van der Waals surface area contributed by atoms with Crippen LogP contribution >= 0.6 is 31.5 Å². The molecule has 1 amide bonds. The van der Waals surface area contributed by atoms with E-state index in [1.165, 1.54) is 41.8 Å². The third kappa shape index (κ3) is 5.94. The molecule has 1 unspecified atom stereocenters. The molecule has 0 aliphatic rings. The zero-order valence-corrected chi connectivity index (χ0v) is 23.6. The van der Waals surface area contributed by atoms with E-state index in [4.69, 9.17) is 20.1 Å². The van der Waals surface area contributed by atoms with Crippen LogP contribution < -0.4 is 7.57 Å². The molecule has 0 saturated carbocycles. The molecule has 0 spiro atoms. The average molecular weight is 857 g/mol. The second-order valence-electron chi connectivity index (χ2n) is 5.03. The van der Waals surface area contributed by atoms with Gasteiger partial charge in [0.2, 0.25) is 0 Å². The number of amides is 1. The number of hydrogen-bond donors (Lipinski definition) is 2. The Morgan fingerprint density at radius 1 is 1.39 bits per heavy atom. The van der Waals surface area contributed by atoms with E-state index in [0.29, 0.717) is 5.13 Å². The molecule has 2 aromatic rings. The van der Waals surface area contributed by atoms with Crippen molar-refractivity contribution in [3.8, 4) is 0 Å². The van der Waals surface area contributed by atoms with E-state index in [0.717, 1.165) is 2.25 Å². The van der Waals surface area contributed by atoms with E-state index in [2.05, 4.69) is 13.1 Å².